The molecule has 8 N–H and O–H groups in total. The Labute approximate surface area is 106 Å². The van der Waals surface area contributed by atoms with Gasteiger partial charge in [0.1, 0.15) is 0 Å². The summed E-state index contributed by atoms with van der Waals surface area (Å²) in [7, 11) is 0. The van der Waals surface area contributed by atoms with Crippen LogP contribution in [0.4, 0.5) is 0 Å². The molecule has 0 radical (unpaired) electrons. The first-order chi connectivity index (χ1) is 5.61. The molecule has 1 rings (SSSR count). The highest BCUT2D eigenvalue weighted by Gasteiger charge is 2.12. The Bertz CT molecular complexity index is 180. The van der Waals surface area contributed by atoms with E-state index in [0.717, 1.165) is 26.2 Å². The van der Waals surface area contributed by atoms with Gasteiger partial charge in [-0.25, -0.2) is 0 Å². The predicted octanol–water partition coefficient (Wildman–Crippen LogP) is 1.02. The van der Waals surface area contributed by atoms with E-state index in [2.05, 4.69) is 0 Å². The minimum absolute atomic E-state index is 0. The second-order valence-electron chi connectivity index (χ2n) is 2.51. The number of thiocarbonyl (C=S) groups is 2. The second kappa shape index (κ2) is 7.43. The van der Waals surface area contributed by atoms with E-state index in [4.69, 9.17) is 49.7 Å². The molecule has 0 aromatic carbocycles. The lowest BCUT2D eigenvalue weighted by molar-refractivity contribution is 0.271. The molecule has 0 amide bonds. The number of hydrogen-bond donors (Lipinski definition) is 2. The van der Waals surface area contributed by atoms with Crippen LogP contribution in [0.2, 0.25) is 0 Å². The van der Waals surface area contributed by atoms with Crippen LogP contribution in [0.15, 0.2) is 0 Å². The van der Waals surface area contributed by atoms with Crippen molar-refractivity contribution in [3.05, 3.63) is 0 Å². The summed E-state index contributed by atoms with van der Waals surface area (Å²) in [4.78, 5) is 3.99. The van der Waals surface area contributed by atoms with Gasteiger partial charge in [0.05, 0.1) is 0 Å². The van der Waals surface area contributed by atoms with E-state index >= 15 is 0 Å². The van der Waals surface area contributed by atoms with E-state index in [1.807, 2.05) is 9.80 Å². The summed E-state index contributed by atoms with van der Waals surface area (Å²) >= 11 is 19.5. The Balaban J connectivity index is 0. The largest absolute Gasteiger partial charge is 0.411 e. The quantitative estimate of drug-likeness (QED) is 0.506. The Kier molecular flexibility index (Phi) is 8.80. The molecule has 0 aromatic rings. The van der Waals surface area contributed by atoms with Crippen LogP contribution in [-0.4, -0.2) is 44.6 Å². The van der Waals surface area contributed by atoms with Crippen LogP contribution in [0.3, 0.4) is 0 Å². The predicted molar refractivity (Wildman–Crippen MR) is 75.0 cm³/mol. The first kappa shape index (κ1) is 16.6. The van der Waals surface area contributed by atoms with Crippen LogP contribution >= 0.6 is 24.4 Å². The maximum atomic E-state index is 4.88. The maximum absolute atomic E-state index is 4.88. The molecule has 0 bridgehead atoms. The molecule has 0 saturated carbocycles. The van der Waals surface area contributed by atoms with Gasteiger partial charge in [-0.1, -0.05) is 8.64 Å². The van der Waals surface area contributed by atoms with Crippen molar-refractivity contribution in [2.24, 2.45) is 0 Å². The molecule has 14 heavy (non-hydrogen) atoms. The number of rotatable bonds is 0. The van der Waals surface area contributed by atoms with E-state index < -0.39 is 0 Å². The average molecular weight is 272 g/mol. The molecule has 8 heteroatoms. The summed E-state index contributed by atoms with van der Waals surface area (Å²) < 4.78 is 1.09. The molecule has 1 heterocycles. The second-order valence-corrected chi connectivity index (χ2v) is 4.57. The van der Waals surface area contributed by atoms with E-state index in [0.29, 0.717) is 8.64 Å². The molecule has 1 aliphatic rings. The molecule has 0 atom stereocenters. The number of quaternary nitrogens is 2. The van der Waals surface area contributed by atoms with Crippen LogP contribution in [-0.2, 0) is 25.3 Å². The normalized spacial score (nSPS) is 15.1. The topological polar surface area (TPSA) is 79.5 Å². The Hall–Kier alpha value is 0.140. The van der Waals surface area contributed by atoms with Gasteiger partial charge in [-0.2, -0.15) is 0 Å². The summed E-state index contributed by atoms with van der Waals surface area (Å²) in [6.45, 7) is 3.39. The van der Waals surface area contributed by atoms with Gasteiger partial charge in [0.2, 0.25) is 0 Å². The molecule has 1 saturated heterocycles. The Morgan fingerprint density at radius 1 is 0.786 bits per heavy atom. The molecule has 0 spiro atoms. The van der Waals surface area contributed by atoms with Crippen molar-refractivity contribution in [3.63, 3.8) is 0 Å². The van der Waals surface area contributed by atoms with E-state index in [-0.39, 0.29) is 12.3 Å². The minimum atomic E-state index is 0. The van der Waals surface area contributed by atoms with Crippen LogP contribution in [0, 0.1) is 0 Å². The minimum Gasteiger partial charge on any atom is -0.411 e. The van der Waals surface area contributed by atoms with Crippen molar-refractivity contribution in [2.75, 3.05) is 26.2 Å². The molecular formula is C6H16N4S4. The summed E-state index contributed by atoms with van der Waals surface area (Å²) in [6, 6.07) is 0. The molecule has 0 aromatic heterocycles. The van der Waals surface area contributed by atoms with Crippen molar-refractivity contribution >= 4 is 58.3 Å². The smallest absolute Gasteiger partial charge is 0.0338 e. The highest BCUT2D eigenvalue weighted by atomic mass is 32.1. The van der Waals surface area contributed by atoms with Crippen molar-refractivity contribution in [2.45, 2.75) is 0 Å². The molecular weight excluding hydrogens is 256 g/mol. The fraction of sp³-hybridized carbons (Fsp3) is 0.667. The van der Waals surface area contributed by atoms with Gasteiger partial charge in [-0.3, -0.25) is 0 Å². The summed E-state index contributed by atoms with van der Waals surface area (Å²) in [5.74, 6) is 0. The van der Waals surface area contributed by atoms with Gasteiger partial charge in [-0.05, 0) is 0 Å². The van der Waals surface area contributed by atoms with Gasteiger partial charge in [0.15, 0.2) is 0 Å². The van der Waals surface area contributed by atoms with Gasteiger partial charge >= 0.3 is 0 Å². The van der Waals surface area contributed by atoms with Gasteiger partial charge in [-0.15, -0.1) is 0 Å². The van der Waals surface area contributed by atoms with Crippen molar-refractivity contribution < 1.29 is 0 Å². The highest BCUT2D eigenvalue weighted by Crippen LogP contribution is 2.02. The van der Waals surface area contributed by atoms with Gasteiger partial charge < -0.3 is 71.8 Å². The molecule has 4 nitrogen and oxygen atoms in total. The first-order valence-electron chi connectivity index (χ1n) is 3.53. The van der Waals surface area contributed by atoms with Crippen LogP contribution in [0.25, 0.3) is 0 Å². The molecule has 84 valence electrons. The van der Waals surface area contributed by atoms with Crippen molar-refractivity contribution in [1.29, 1.82) is 0 Å². The zero-order valence-corrected chi connectivity index (χ0v) is 11.6. The Morgan fingerprint density at radius 3 is 1.14 bits per heavy atom. The number of nitrogens with zero attached hydrogens (tertiary/aromatic N) is 2. The lowest BCUT2D eigenvalue weighted by Gasteiger charge is -2.40. The highest BCUT2D eigenvalue weighted by molar-refractivity contribution is 8.00. The molecule has 0 unspecified atom stereocenters. The average Bonchev–Trinajstić information content (AvgIpc) is 2.04. The summed E-state index contributed by atoms with van der Waals surface area (Å²) in [5, 5.41) is 0. The molecule has 0 aliphatic carbocycles. The van der Waals surface area contributed by atoms with Crippen LogP contribution in [0.1, 0.15) is 0 Å². The third-order valence-electron chi connectivity index (χ3n) is 1.80. The van der Waals surface area contributed by atoms with Gasteiger partial charge in [0, 0.05) is 26.2 Å². The third-order valence-corrected chi connectivity index (χ3v) is 2.83. The van der Waals surface area contributed by atoms with Crippen LogP contribution < -0.4 is 12.3 Å². The lowest BCUT2D eigenvalue weighted by atomic mass is 10.4. The monoisotopic (exact) mass is 272 g/mol. The molecule has 1 fully saturated rings. The SMILES string of the molecule is S=C([S-])N1CCN(C(=S)[S-])CC1.[NH4+].[NH4+]. The zero-order valence-electron chi connectivity index (χ0n) is 8.36. The third kappa shape index (κ3) is 4.58. The van der Waals surface area contributed by atoms with E-state index in [1.165, 1.54) is 0 Å². The lowest BCUT2D eigenvalue weighted by Crippen LogP contribution is -2.48. The van der Waals surface area contributed by atoms with E-state index in [1.54, 1.807) is 0 Å². The number of piperazine rings is 1. The first-order valence-corrected chi connectivity index (χ1v) is 5.16. The Morgan fingerprint density at radius 2 is 1.00 bits per heavy atom. The van der Waals surface area contributed by atoms with Gasteiger partial charge in [0.25, 0.3) is 0 Å². The van der Waals surface area contributed by atoms with E-state index in [9.17, 15) is 0 Å². The molecule has 1 aliphatic heterocycles. The maximum Gasteiger partial charge on any atom is 0.0338 e. The van der Waals surface area contributed by atoms with Crippen molar-refractivity contribution in [1.82, 2.24) is 22.1 Å². The number of hydrogen-bond acceptors (Lipinski definition) is 4. The van der Waals surface area contributed by atoms with Crippen molar-refractivity contribution in [3.8, 4) is 0 Å². The summed E-state index contributed by atoms with van der Waals surface area (Å²) in [6.07, 6.45) is 0. The zero-order chi connectivity index (χ0) is 9.14. The summed E-state index contributed by atoms with van der Waals surface area (Å²) in [5.41, 5.74) is 0. The standard InChI is InChI=1S/C6H10N2S4.2H3N/c9-5(10)7-1-2-8(4-3-7)6(11)12;;/h1-4H2,(H,9,10)(H,11,12);2*1H3. The fourth-order valence-electron chi connectivity index (χ4n) is 1.07. The van der Waals surface area contributed by atoms with Crippen LogP contribution in [0.5, 0.6) is 0 Å². The fourth-order valence-corrected chi connectivity index (χ4v) is 1.80.